The highest BCUT2D eigenvalue weighted by molar-refractivity contribution is 8.00. The molecule has 0 bridgehead atoms. The Kier molecular flexibility index (Phi) is 5.91. The molecule has 1 aromatic heterocycles. The Morgan fingerprint density at radius 1 is 1.42 bits per heavy atom. The lowest BCUT2D eigenvalue weighted by molar-refractivity contribution is 0.521. The Labute approximate surface area is 147 Å². The first-order valence-corrected chi connectivity index (χ1v) is 10.1. The molecule has 0 N–H and O–H groups in total. The Morgan fingerprint density at radius 3 is 2.71 bits per heavy atom. The summed E-state index contributed by atoms with van der Waals surface area (Å²) in [6.07, 6.45) is 2.04. The summed E-state index contributed by atoms with van der Waals surface area (Å²) in [6, 6.07) is 7.22. The van der Waals surface area contributed by atoms with Crippen molar-refractivity contribution in [1.82, 2.24) is 13.9 Å². The maximum absolute atomic E-state index is 12.3. The van der Waals surface area contributed by atoms with Gasteiger partial charge in [-0.05, 0) is 31.5 Å². The predicted octanol–water partition coefficient (Wildman–Crippen LogP) is 3.09. The molecule has 1 aromatic carbocycles. The maximum atomic E-state index is 12.3. The fourth-order valence-electron chi connectivity index (χ4n) is 2.27. The van der Waals surface area contributed by atoms with E-state index < -0.39 is 10.0 Å². The van der Waals surface area contributed by atoms with Crippen LogP contribution < -0.4 is 0 Å². The number of fused-ring (bicyclic) bond motifs is 1. The average Bonchev–Trinajstić information content (AvgIpc) is 2.88. The van der Waals surface area contributed by atoms with Crippen LogP contribution >= 0.6 is 11.8 Å². The number of hydrogen-bond donors (Lipinski definition) is 0. The number of sulfonamides is 1. The molecule has 0 radical (unpaired) electrons. The topological polar surface area (TPSA) is 79.0 Å². The molecule has 2 rings (SSSR count). The van der Waals surface area contributed by atoms with E-state index in [1.165, 1.54) is 30.2 Å². The second-order valence-electron chi connectivity index (χ2n) is 5.73. The number of benzene rings is 1. The van der Waals surface area contributed by atoms with Crippen LogP contribution in [-0.4, -0.2) is 41.6 Å². The van der Waals surface area contributed by atoms with Gasteiger partial charge < -0.3 is 4.57 Å². The van der Waals surface area contributed by atoms with Crippen molar-refractivity contribution >= 4 is 32.8 Å². The van der Waals surface area contributed by atoms with Crippen molar-refractivity contribution in [3.8, 4) is 6.07 Å². The van der Waals surface area contributed by atoms with Crippen LogP contribution in [-0.2, 0) is 16.6 Å². The number of rotatable bonds is 7. The van der Waals surface area contributed by atoms with Crippen LogP contribution in [0.2, 0.25) is 0 Å². The van der Waals surface area contributed by atoms with E-state index in [0.717, 1.165) is 30.1 Å². The number of aromatic nitrogens is 2. The van der Waals surface area contributed by atoms with E-state index in [2.05, 4.69) is 22.5 Å². The van der Waals surface area contributed by atoms with Gasteiger partial charge in [0.25, 0.3) is 0 Å². The summed E-state index contributed by atoms with van der Waals surface area (Å²) >= 11 is 1.40. The molecule has 6 nitrogen and oxygen atoms in total. The number of hydrogen-bond acceptors (Lipinski definition) is 5. The molecule has 0 amide bonds. The minimum atomic E-state index is -3.49. The molecule has 2 aromatic rings. The lowest BCUT2D eigenvalue weighted by atomic mass is 10.3. The fourth-order valence-corrected chi connectivity index (χ4v) is 4.02. The van der Waals surface area contributed by atoms with Crippen molar-refractivity contribution in [2.24, 2.45) is 0 Å². The van der Waals surface area contributed by atoms with Crippen LogP contribution in [0.15, 0.2) is 28.3 Å². The number of nitriles is 1. The van der Waals surface area contributed by atoms with Crippen molar-refractivity contribution < 1.29 is 8.42 Å². The van der Waals surface area contributed by atoms with Crippen molar-refractivity contribution in [2.75, 3.05) is 14.1 Å². The van der Waals surface area contributed by atoms with E-state index in [-0.39, 0.29) is 10.1 Å². The van der Waals surface area contributed by atoms with E-state index in [1.54, 1.807) is 18.2 Å². The highest BCUT2D eigenvalue weighted by Crippen LogP contribution is 2.29. The zero-order chi connectivity index (χ0) is 17.9. The van der Waals surface area contributed by atoms with Crippen molar-refractivity contribution in [1.29, 1.82) is 5.26 Å². The minimum Gasteiger partial charge on any atom is -0.319 e. The van der Waals surface area contributed by atoms with Crippen molar-refractivity contribution in [3.63, 3.8) is 0 Å². The Morgan fingerprint density at radius 2 is 2.12 bits per heavy atom. The lowest BCUT2D eigenvalue weighted by Crippen LogP contribution is -2.22. The molecule has 0 spiro atoms. The third kappa shape index (κ3) is 3.74. The molecule has 0 aliphatic rings. The first-order chi connectivity index (χ1) is 11.3. The summed E-state index contributed by atoms with van der Waals surface area (Å²) in [5, 5.41) is 9.60. The number of thioether (sulfide) groups is 1. The second-order valence-corrected chi connectivity index (χ2v) is 9.19. The smallest absolute Gasteiger partial charge is 0.242 e. The first-order valence-electron chi connectivity index (χ1n) is 7.80. The Bertz CT molecular complexity index is 866. The molecule has 0 saturated carbocycles. The van der Waals surface area contributed by atoms with Crippen LogP contribution in [0.25, 0.3) is 11.0 Å². The molecule has 0 fully saturated rings. The monoisotopic (exact) mass is 366 g/mol. The number of unbranched alkanes of at least 4 members (excludes halogenated alkanes) is 1. The molecule has 0 aliphatic carbocycles. The summed E-state index contributed by atoms with van der Waals surface area (Å²) in [4.78, 5) is 4.81. The normalized spacial score (nSPS) is 13.3. The summed E-state index contributed by atoms with van der Waals surface area (Å²) in [5.41, 5.74) is 1.54. The van der Waals surface area contributed by atoms with E-state index in [0.29, 0.717) is 5.52 Å². The highest BCUT2D eigenvalue weighted by Gasteiger charge is 2.20. The Balaban J connectivity index is 2.56. The van der Waals surface area contributed by atoms with Gasteiger partial charge in [-0.1, -0.05) is 25.1 Å². The SMILES string of the molecule is CCCCn1c(SC(C)C#N)nc2cc(S(=O)(=O)N(C)C)ccc21. The zero-order valence-electron chi connectivity index (χ0n) is 14.4. The van der Waals surface area contributed by atoms with Crippen LogP contribution in [0.1, 0.15) is 26.7 Å². The Hall–Kier alpha value is -1.56. The molecular formula is C16H22N4O2S2. The largest absolute Gasteiger partial charge is 0.319 e. The summed E-state index contributed by atoms with van der Waals surface area (Å²) < 4.78 is 27.9. The number of nitrogens with zero attached hydrogens (tertiary/aromatic N) is 4. The van der Waals surface area contributed by atoms with Gasteiger partial charge in [0.15, 0.2) is 5.16 Å². The summed E-state index contributed by atoms with van der Waals surface area (Å²) in [6.45, 7) is 4.75. The van der Waals surface area contributed by atoms with Crippen LogP contribution in [0.4, 0.5) is 0 Å². The fraction of sp³-hybridized carbons (Fsp3) is 0.500. The molecule has 130 valence electrons. The maximum Gasteiger partial charge on any atom is 0.242 e. The van der Waals surface area contributed by atoms with Gasteiger partial charge in [0.2, 0.25) is 10.0 Å². The first kappa shape index (κ1) is 18.8. The summed E-state index contributed by atoms with van der Waals surface area (Å²) in [5.74, 6) is 0. The summed E-state index contributed by atoms with van der Waals surface area (Å²) in [7, 11) is -0.473. The number of aryl methyl sites for hydroxylation is 1. The third-order valence-electron chi connectivity index (χ3n) is 3.66. The van der Waals surface area contributed by atoms with Crippen molar-refractivity contribution in [3.05, 3.63) is 18.2 Å². The lowest BCUT2D eigenvalue weighted by Gasteiger charge is -2.11. The molecule has 1 heterocycles. The predicted molar refractivity (Wildman–Crippen MR) is 96.4 cm³/mol. The van der Waals surface area contributed by atoms with Crippen LogP contribution in [0, 0.1) is 11.3 Å². The van der Waals surface area contributed by atoms with Gasteiger partial charge in [-0.25, -0.2) is 17.7 Å². The van der Waals surface area contributed by atoms with Crippen molar-refractivity contribution in [2.45, 2.75) is 48.5 Å². The van der Waals surface area contributed by atoms with Crippen LogP contribution in [0.5, 0.6) is 0 Å². The van der Waals surface area contributed by atoms with Gasteiger partial charge in [-0.3, -0.25) is 0 Å². The van der Waals surface area contributed by atoms with Crippen LogP contribution in [0.3, 0.4) is 0 Å². The van der Waals surface area contributed by atoms with Gasteiger partial charge >= 0.3 is 0 Å². The molecule has 8 heteroatoms. The van der Waals surface area contributed by atoms with E-state index in [1.807, 2.05) is 6.92 Å². The molecule has 1 atom stereocenters. The minimum absolute atomic E-state index is 0.216. The van der Waals surface area contributed by atoms with Gasteiger partial charge in [-0.15, -0.1) is 0 Å². The van der Waals surface area contributed by atoms with Gasteiger partial charge in [0.1, 0.15) is 0 Å². The molecule has 0 aliphatic heterocycles. The second kappa shape index (κ2) is 7.55. The molecular weight excluding hydrogens is 344 g/mol. The van der Waals surface area contributed by atoms with Gasteiger partial charge in [-0.2, -0.15) is 5.26 Å². The van der Waals surface area contributed by atoms with E-state index >= 15 is 0 Å². The van der Waals surface area contributed by atoms with E-state index in [9.17, 15) is 8.42 Å². The quantitative estimate of drug-likeness (QED) is 0.704. The average molecular weight is 367 g/mol. The third-order valence-corrected chi connectivity index (χ3v) is 6.46. The zero-order valence-corrected chi connectivity index (χ0v) is 16.0. The van der Waals surface area contributed by atoms with E-state index in [4.69, 9.17) is 5.26 Å². The van der Waals surface area contributed by atoms with Gasteiger partial charge in [0.05, 0.1) is 27.2 Å². The standard InChI is InChI=1S/C16H22N4O2S2/c1-5-6-9-20-15-8-7-13(24(21,22)19(3)4)10-14(15)18-16(20)23-12(2)11-17/h7-8,10,12H,5-6,9H2,1-4H3. The van der Waals surface area contributed by atoms with Gasteiger partial charge in [0, 0.05) is 20.6 Å². The highest BCUT2D eigenvalue weighted by atomic mass is 32.2. The molecule has 24 heavy (non-hydrogen) atoms. The molecule has 1 unspecified atom stereocenters. The number of imidazole rings is 1. The molecule has 0 saturated heterocycles.